The third-order valence-corrected chi connectivity index (χ3v) is 3.13. The second kappa shape index (κ2) is 7.67. The number of nitrogens with one attached hydrogen (secondary N) is 1. The average molecular weight is 288 g/mol. The van der Waals surface area contributed by atoms with Crippen LogP contribution in [0.1, 0.15) is 22.3 Å². The second-order valence-electron chi connectivity index (χ2n) is 4.93. The van der Waals surface area contributed by atoms with Crippen molar-refractivity contribution in [2.75, 3.05) is 6.54 Å². The standard InChI is InChI=1S/C19H16N2O/c1-15-5-7-16(8-6-15)11-12-21-19(22)10-9-17-3-2-4-18(13-17)14-20/h2-8,13H,11-12H2,1H3,(H,21,22). The Balaban J connectivity index is 1.84. The van der Waals surface area contributed by atoms with Crippen LogP contribution in [0, 0.1) is 30.1 Å². The highest BCUT2D eigenvalue weighted by molar-refractivity contribution is 5.94. The van der Waals surface area contributed by atoms with E-state index in [1.54, 1.807) is 24.3 Å². The van der Waals surface area contributed by atoms with Gasteiger partial charge in [-0.2, -0.15) is 5.26 Å². The number of hydrogen-bond acceptors (Lipinski definition) is 2. The number of amides is 1. The summed E-state index contributed by atoms with van der Waals surface area (Å²) in [5, 5.41) is 11.6. The maximum absolute atomic E-state index is 11.7. The molecule has 0 aliphatic heterocycles. The first kappa shape index (κ1) is 15.4. The van der Waals surface area contributed by atoms with Crippen LogP contribution in [0.4, 0.5) is 0 Å². The van der Waals surface area contributed by atoms with Gasteiger partial charge in [-0.15, -0.1) is 0 Å². The zero-order chi connectivity index (χ0) is 15.8. The van der Waals surface area contributed by atoms with Crippen molar-refractivity contribution in [3.05, 3.63) is 70.8 Å². The Morgan fingerprint density at radius 3 is 2.59 bits per heavy atom. The van der Waals surface area contributed by atoms with Gasteiger partial charge < -0.3 is 5.32 Å². The molecule has 0 heterocycles. The molecule has 0 aliphatic carbocycles. The van der Waals surface area contributed by atoms with Crippen molar-refractivity contribution in [2.24, 2.45) is 0 Å². The van der Waals surface area contributed by atoms with E-state index in [0.717, 1.165) is 6.42 Å². The summed E-state index contributed by atoms with van der Waals surface area (Å²) in [4.78, 5) is 11.7. The van der Waals surface area contributed by atoms with Gasteiger partial charge in [-0.1, -0.05) is 41.8 Å². The smallest absolute Gasteiger partial charge is 0.296 e. The predicted octanol–water partition coefficient (Wildman–Crippen LogP) is 2.58. The van der Waals surface area contributed by atoms with Crippen LogP contribution in [-0.2, 0) is 11.2 Å². The number of carbonyl (C=O) groups excluding carboxylic acids is 1. The molecule has 3 heteroatoms. The monoisotopic (exact) mass is 288 g/mol. The molecule has 3 nitrogen and oxygen atoms in total. The Morgan fingerprint density at radius 1 is 1.14 bits per heavy atom. The van der Waals surface area contributed by atoms with Gasteiger partial charge in [0.25, 0.3) is 5.91 Å². The molecule has 0 radical (unpaired) electrons. The summed E-state index contributed by atoms with van der Waals surface area (Å²) in [6.07, 6.45) is 0.775. The van der Waals surface area contributed by atoms with Gasteiger partial charge >= 0.3 is 0 Å². The van der Waals surface area contributed by atoms with E-state index >= 15 is 0 Å². The van der Waals surface area contributed by atoms with Crippen molar-refractivity contribution in [3.8, 4) is 17.9 Å². The van der Waals surface area contributed by atoms with Gasteiger partial charge in [0, 0.05) is 18.0 Å². The van der Waals surface area contributed by atoms with E-state index < -0.39 is 0 Å². The van der Waals surface area contributed by atoms with Crippen molar-refractivity contribution < 1.29 is 4.79 Å². The number of nitrogens with zero attached hydrogens (tertiary/aromatic N) is 1. The molecular weight excluding hydrogens is 272 g/mol. The van der Waals surface area contributed by atoms with E-state index in [0.29, 0.717) is 17.7 Å². The molecule has 22 heavy (non-hydrogen) atoms. The largest absolute Gasteiger partial charge is 0.345 e. The summed E-state index contributed by atoms with van der Waals surface area (Å²) in [5.74, 6) is 4.99. The van der Waals surface area contributed by atoms with Crippen molar-refractivity contribution >= 4 is 5.91 Å². The van der Waals surface area contributed by atoms with Gasteiger partial charge in [-0.3, -0.25) is 4.79 Å². The first-order valence-corrected chi connectivity index (χ1v) is 7.03. The van der Waals surface area contributed by atoms with Gasteiger partial charge in [0.05, 0.1) is 11.6 Å². The molecule has 0 saturated heterocycles. The molecule has 0 unspecified atom stereocenters. The summed E-state index contributed by atoms with van der Waals surface area (Å²) < 4.78 is 0. The summed E-state index contributed by atoms with van der Waals surface area (Å²) in [7, 11) is 0. The molecule has 0 aromatic heterocycles. The molecular formula is C19H16N2O. The Bertz CT molecular complexity index is 759. The number of nitriles is 1. The van der Waals surface area contributed by atoms with Gasteiger partial charge in [0.15, 0.2) is 0 Å². The Morgan fingerprint density at radius 2 is 1.86 bits per heavy atom. The average Bonchev–Trinajstić information content (AvgIpc) is 2.55. The van der Waals surface area contributed by atoms with Crippen LogP contribution in [-0.4, -0.2) is 12.5 Å². The van der Waals surface area contributed by atoms with E-state index in [9.17, 15) is 4.79 Å². The van der Waals surface area contributed by atoms with E-state index in [1.807, 2.05) is 13.0 Å². The molecule has 0 bridgehead atoms. The molecule has 2 aromatic rings. The third kappa shape index (κ3) is 4.81. The quantitative estimate of drug-likeness (QED) is 0.883. The van der Waals surface area contributed by atoms with E-state index in [4.69, 9.17) is 5.26 Å². The van der Waals surface area contributed by atoms with Crippen LogP contribution in [0.15, 0.2) is 48.5 Å². The fourth-order valence-electron chi connectivity index (χ4n) is 1.91. The van der Waals surface area contributed by atoms with Crippen LogP contribution in [0.5, 0.6) is 0 Å². The summed E-state index contributed by atoms with van der Waals surface area (Å²) >= 11 is 0. The van der Waals surface area contributed by atoms with Crippen LogP contribution in [0.25, 0.3) is 0 Å². The predicted molar refractivity (Wildman–Crippen MR) is 85.9 cm³/mol. The van der Waals surface area contributed by atoms with Crippen LogP contribution in [0.2, 0.25) is 0 Å². The highest BCUT2D eigenvalue weighted by atomic mass is 16.1. The molecule has 2 rings (SSSR count). The molecule has 0 atom stereocenters. The molecule has 108 valence electrons. The zero-order valence-corrected chi connectivity index (χ0v) is 12.4. The molecule has 0 fully saturated rings. The highest BCUT2D eigenvalue weighted by Gasteiger charge is 1.97. The Labute approximate surface area is 130 Å². The summed E-state index contributed by atoms with van der Waals surface area (Å²) in [6, 6.07) is 17.1. The summed E-state index contributed by atoms with van der Waals surface area (Å²) in [5.41, 5.74) is 3.60. The van der Waals surface area contributed by atoms with Crippen LogP contribution in [0.3, 0.4) is 0 Å². The second-order valence-corrected chi connectivity index (χ2v) is 4.93. The minimum atomic E-state index is -0.311. The number of aryl methyl sites for hydroxylation is 1. The Hall–Kier alpha value is -3.04. The summed E-state index contributed by atoms with van der Waals surface area (Å²) in [6.45, 7) is 2.59. The maximum atomic E-state index is 11.7. The number of hydrogen-bond donors (Lipinski definition) is 1. The molecule has 0 aliphatic rings. The third-order valence-electron chi connectivity index (χ3n) is 3.13. The van der Waals surface area contributed by atoms with Gasteiger partial charge in [0.2, 0.25) is 0 Å². The van der Waals surface area contributed by atoms with E-state index in [2.05, 4.69) is 41.4 Å². The first-order valence-electron chi connectivity index (χ1n) is 7.03. The van der Waals surface area contributed by atoms with Crippen molar-refractivity contribution in [3.63, 3.8) is 0 Å². The lowest BCUT2D eigenvalue weighted by Crippen LogP contribution is -2.23. The minimum Gasteiger partial charge on any atom is -0.345 e. The highest BCUT2D eigenvalue weighted by Crippen LogP contribution is 2.03. The SMILES string of the molecule is Cc1ccc(CCNC(=O)C#Cc2cccc(C#N)c2)cc1. The lowest BCUT2D eigenvalue weighted by molar-refractivity contribution is -0.115. The van der Waals surface area contributed by atoms with Crippen molar-refractivity contribution in [1.29, 1.82) is 5.26 Å². The molecule has 0 spiro atoms. The topological polar surface area (TPSA) is 52.9 Å². The van der Waals surface area contributed by atoms with Gasteiger partial charge in [-0.25, -0.2) is 0 Å². The van der Waals surface area contributed by atoms with E-state index in [-0.39, 0.29) is 5.91 Å². The van der Waals surface area contributed by atoms with Crippen molar-refractivity contribution in [1.82, 2.24) is 5.32 Å². The molecule has 2 aromatic carbocycles. The maximum Gasteiger partial charge on any atom is 0.296 e. The normalized spacial score (nSPS) is 9.27. The molecule has 1 N–H and O–H groups in total. The molecule has 0 saturated carbocycles. The fourth-order valence-corrected chi connectivity index (χ4v) is 1.91. The lowest BCUT2D eigenvalue weighted by atomic mass is 10.1. The van der Waals surface area contributed by atoms with Crippen molar-refractivity contribution in [2.45, 2.75) is 13.3 Å². The van der Waals surface area contributed by atoms with Crippen LogP contribution >= 0.6 is 0 Å². The molecule has 1 amide bonds. The number of carbonyl (C=O) groups is 1. The number of benzene rings is 2. The van der Waals surface area contributed by atoms with Crippen LogP contribution < -0.4 is 5.32 Å². The number of rotatable bonds is 3. The van der Waals surface area contributed by atoms with Gasteiger partial charge in [0.1, 0.15) is 0 Å². The van der Waals surface area contributed by atoms with Gasteiger partial charge in [-0.05, 0) is 37.1 Å². The first-order chi connectivity index (χ1) is 10.7. The fraction of sp³-hybridized carbons (Fsp3) is 0.158. The zero-order valence-electron chi connectivity index (χ0n) is 12.4. The van der Waals surface area contributed by atoms with E-state index in [1.165, 1.54) is 11.1 Å². The Kier molecular flexibility index (Phi) is 5.35. The minimum absolute atomic E-state index is 0.311. The lowest BCUT2D eigenvalue weighted by Gasteiger charge is -2.02.